The number of hydrogen-bond acceptors (Lipinski definition) is 4. The molecule has 6 heteroatoms. The number of carbonyl (C=O) groups excluding carboxylic acids is 2. The largest absolute Gasteiger partial charge is 0.482 e. The second kappa shape index (κ2) is 5.61. The molecule has 1 aliphatic heterocycles. The maximum absolute atomic E-state index is 11.9. The fourth-order valence-electron chi connectivity index (χ4n) is 1.78. The molecular weight excluding hydrogens is 314 g/mol. The molecule has 19 heavy (non-hydrogen) atoms. The molecule has 0 aromatic heterocycles. The van der Waals surface area contributed by atoms with Gasteiger partial charge in [-0.1, -0.05) is 15.9 Å². The Balaban J connectivity index is 2.23. The van der Waals surface area contributed by atoms with Gasteiger partial charge < -0.3 is 9.47 Å². The van der Waals surface area contributed by atoms with Gasteiger partial charge in [-0.25, -0.2) is 0 Å². The topological polar surface area (TPSA) is 55.8 Å². The lowest BCUT2D eigenvalue weighted by atomic mass is 10.2. The molecule has 0 atom stereocenters. The Kier molecular flexibility index (Phi) is 4.09. The molecule has 1 heterocycles. The van der Waals surface area contributed by atoms with Gasteiger partial charge in [0.25, 0.3) is 5.91 Å². The van der Waals surface area contributed by atoms with Gasteiger partial charge in [-0.3, -0.25) is 14.5 Å². The first-order chi connectivity index (χ1) is 8.97. The summed E-state index contributed by atoms with van der Waals surface area (Å²) in [6.07, 6.45) is -0.203. The molecule has 0 fully saturated rings. The van der Waals surface area contributed by atoms with Crippen LogP contribution in [-0.4, -0.2) is 31.1 Å². The van der Waals surface area contributed by atoms with Crippen molar-refractivity contribution in [3.63, 3.8) is 0 Å². The van der Waals surface area contributed by atoms with Gasteiger partial charge in [0.05, 0.1) is 11.8 Å². The van der Waals surface area contributed by atoms with Crippen LogP contribution < -0.4 is 9.64 Å². The number of ether oxygens (including phenoxy) is 2. The summed E-state index contributed by atoms with van der Waals surface area (Å²) in [5.41, 5.74) is 0.575. The lowest BCUT2D eigenvalue weighted by Gasteiger charge is -2.28. The number of halogens is 1. The average Bonchev–Trinajstić information content (AvgIpc) is 2.32. The highest BCUT2D eigenvalue weighted by atomic mass is 79.9. The molecule has 5 nitrogen and oxygen atoms in total. The lowest BCUT2D eigenvalue weighted by Crippen LogP contribution is -2.42. The molecule has 2 rings (SSSR count). The maximum atomic E-state index is 11.9. The van der Waals surface area contributed by atoms with E-state index in [1.165, 1.54) is 4.90 Å². The van der Waals surface area contributed by atoms with Gasteiger partial charge in [-0.15, -0.1) is 0 Å². The van der Waals surface area contributed by atoms with E-state index in [2.05, 4.69) is 15.9 Å². The molecule has 0 bridgehead atoms. The Morgan fingerprint density at radius 1 is 1.53 bits per heavy atom. The molecule has 1 aliphatic rings. The Bertz CT molecular complexity index is 515. The zero-order chi connectivity index (χ0) is 14.0. The number of hydrogen-bond donors (Lipinski definition) is 0. The van der Waals surface area contributed by atoms with Crippen molar-refractivity contribution in [1.82, 2.24) is 0 Å². The average molecular weight is 328 g/mol. The smallest absolute Gasteiger partial charge is 0.326 e. The summed E-state index contributed by atoms with van der Waals surface area (Å²) in [6.45, 7) is 3.36. The fraction of sp³-hybridized carbons (Fsp3) is 0.385. The van der Waals surface area contributed by atoms with Crippen LogP contribution >= 0.6 is 15.9 Å². The zero-order valence-corrected chi connectivity index (χ0v) is 12.3. The molecule has 0 N–H and O–H groups in total. The van der Waals surface area contributed by atoms with Gasteiger partial charge in [0.2, 0.25) is 0 Å². The normalized spacial score (nSPS) is 14.1. The SMILES string of the molecule is CC(C)OC(=O)CN1C(=O)COc2ccc(Br)cc21. The van der Waals surface area contributed by atoms with E-state index in [-0.39, 0.29) is 25.2 Å². The number of carbonyl (C=O) groups is 2. The first-order valence-corrected chi connectivity index (χ1v) is 6.69. The number of rotatable bonds is 3. The van der Waals surface area contributed by atoms with Crippen molar-refractivity contribution in [3.05, 3.63) is 22.7 Å². The van der Waals surface area contributed by atoms with Crippen LogP contribution in [0.1, 0.15) is 13.8 Å². The Labute approximate surface area is 119 Å². The minimum Gasteiger partial charge on any atom is -0.482 e. The van der Waals surface area contributed by atoms with Gasteiger partial charge in [-0.2, -0.15) is 0 Å². The van der Waals surface area contributed by atoms with Crippen molar-refractivity contribution in [1.29, 1.82) is 0 Å². The third-order valence-corrected chi connectivity index (χ3v) is 3.01. The van der Waals surface area contributed by atoms with Crippen LogP contribution in [0.5, 0.6) is 5.75 Å². The van der Waals surface area contributed by atoms with Crippen LogP contribution in [0.15, 0.2) is 22.7 Å². The number of nitrogens with zero attached hydrogens (tertiary/aromatic N) is 1. The predicted molar refractivity (Wildman–Crippen MR) is 73.2 cm³/mol. The van der Waals surface area contributed by atoms with Crippen molar-refractivity contribution in [2.45, 2.75) is 20.0 Å². The number of fused-ring (bicyclic) bond motifs is 1. The minimum absolute atomic E-state index is 0.0659. The zero-order valence-electron chi connectivity index (χ0n) is 10.7. The standard InChI is InChI=1S/C13H14BrNO4/c1-8(2)19-13(17)6-15-10-5-9(14)3-4-11(10)18-7-12(15)16/h3-5,8H,6-7H2,1-2H3. The van der Waals surface area contributed by atoms with Crippen LogP contribution in [0.2, 0.25) is 0 Å². The summed E-state index contributed by atoms with van der Waals surface area (Å²) in [6, 6.07) is 5.32. The summed E-state index contributed by atoms with van der Waals surface area (Å²) in [5, 5.41) is 0. The Hall–Kier alpha value is -1.56. The molecule has 1 aromatic carbocycles. The first kappa shape index (κ1) is 13.9. The van der Waals surface area contributed by atoms with Crippen molar-refractivity contribution in [3.8, 4) is 5.75 Å². The van der Waals surface area contributed by atoms with Crippen LogP contribution in [0, 0.1) is 0 Å². The van der Waals surface area contributed by atoms with E-state index in [0.29, 0.717) is 11.4 Å². The fourth-order valence-corrected chi connectivity index (χ4v) is 2.13. The molecule has 0 aliphatic carbocycles. The molecule has 1 amide bonds. The highest BCUT2D eigenvalue weighted by molar-refractivity contribution is 9.10. The van der Waals surface area contributed by atoms with Gasteiger partial charge in [0, 0.05) is 4.47 Å². The van der Waals surface area contributed by atoms with Crippen LogP contribution in [0.3, 0.4) is 0 Å². The van der Waals surface area contributed by atoms with Gasteiger partial charge in [0.15, 0.2) is 6.61 Å². The second-order valence-electron chi connectivity index (χ2n) is 4.42. The number of amides is 1. The van der Waals surface area contributed by atoms with Crippen molar-refractivity contribution in [2.24, 2.45) is 0 Å². The van der Waals surface area contributed by atoms with Crippen molar-refractivity contribution >= 4 is 33.5 Å². The molecule has 0 spiro atoms. The third-order valence-electron chi connectivity index (χ3n) is 2.52. The predicted octanol–water partition coefficient (Wildman–Crippen LogP) is 2.13. The van der Waals surface area contributed by atoms with Gasteiger partial charge >= 0.3 is 5.97 Å². The minimum atomic E-state index is -0.434. The molecule has 0 saturated heterocycles. The lowest BCUT2D eigenvalue weighted by molar-refractivity contribution is -0.146. The second-order valence-corrected chi connectivity index (χ2v) is 5.33. The van der Waals surface area contributed by atoms with Crippen LogP contribution in [0.25, 0.3) is 0 Å². The van der Waals surface area contributed by atoms with E-state index < -0.39 is 5.97 Å². The van der Waals surface area contributed by atoms with Gasteiger partial charge in [-0.05, 0) is 32.0 Å². The molecule has 0 radical (unpaired) electrons. The maximum Gasteiger partial charge on any atom is 0.326 e. The summed E-state index contributed by atoms with van der Waals surface area (Å²) < 4.78 is 11.2. The molecule has 0 saturated carbocycles. The van der Waals surface area contributed by atoms with E-state index in [1.807, 2.05) is 6.07 Å². The quantitative estimate of drug-likeness (QED) is 0.798. The summed E-state index contributed by atoms with van der Waals surface area (Å²) >= 11 is 3.33. The Morgan fingerprint density at radius 3 is 2.95 bits per heavy atom. The van der Waals surface area contributed by atoms with E-state index in [1.54, 1.807) is 26.0 Å². The summed E-state index contributed by atoms with van der Waals surface area (Å²) in [4.78, 5) is 24.9. The monoisotopic (exact) mass is 327 g/mol. The molecule has 102 valence electrons. The molecule has 0 unspecified atom stereocenters. The third kappa shape index (κ3) is 3.26. The van der Waals surface area contributed by atoms with E-state index >= 15 is 0 Å². The Morgan fingerprint density at radius 2 is 2.26 bits per heavy atom. The highest BCUT2D eigenvalue weighted by Crippen LogP contribution is 2.34. The van der Waals surface area contributed by atoms with E-state index in [4.69, 9.17) is 9.47 Å². The number of esters is 1. The molecular formula is C13H14BrNO4. The van der Waals surface area contributed by atoms with Crippen molar-refractivity contribution in [2.75, 3.05) is 18.1 Å². The highest BCUT2D eigenvalue weighted by Gasteiger charge is 2.28. The van der Waals surface area contributed by atoms with Crippen molar-refractivity contribution < 1.29 is 19.1 Å². The summed E-state index contributed by atoms with van der Waals surface area (Å²) in [5.74, 6) is -0.109. The first-order valence-electron chi connectivity index (χ1n) is 5.89. The van der Waals surface area contributed by atoms with Gasteiger partial charge in [0.1, 0.15) is 12.3 Å². The van der Waals surface area contributed by atoms with Crippen LogP contribution in [-0.2, 0) is 14.3 Å². The van der Waals surface area contributed by atoms with E-state index in [0.717, 1.165) is 4.47 Å². The van der Waals surface area contributed by atoms with Crippen LogP contribution in [0.4, 0.5) is 5.69 Å². The number of benzene rings is 1. The number of anilines is 1. The van der Waals surface area contributed by atoms with E-state index in [9.17, 15) is 9.59 Å². The summed E-state index contributed by atoms with van der Waals surface area (Å²) in [7, 11) is 0. The molecule has 1 aromatic rings.